The van der Waals surface area contributed by atoms with Gasteiger partial charge in [0.15, 0.2) is 11.5 Å². The van der Waals surface area contributed by atoms with Crippen molar-refractivity contribution in [2.45, 2.75) is 32.3 Å². The highest BCUT2D eigenvalue weighted by Crippen LogP contribution is 2.36. The summed E-state index contributed by atoms with van der Waals surface area (Å²) in [6.07, 6.45) is 2.29. The maximum Gasteiger partial charge on any atom is 0.184 e. The van der Waals surface area contributed by atoms with E-state index in [9.17, 15) is 5.11 Å². The molecule has 5 heteroatoms. The Balaban J connectivity index is 2.15. The monoisotopic (exact) mass is 308 g/mol. The van der Waals surface area contributed by atoms with Gasteiger partial charge in [0.05, 0.1) is 25.5 Å². The van der Waals surface area contributed by atoms with Crippen LogP contribution in [0.4, 0.5) is 5.69 Å². The summed E-state index contributed by atoms with van der Waals surface area (Å²) in [5.41, 5.74) is 7.81. The number of likely N-dealkylation sites (tertiary alicyclic amines) is 1. The number of aliphatic hydroxyl groups is 1. The molecule has 3 N–H and O–H groups in total. The van der Waals surface area contributed by atoms with Crippen LogP contribution in [0, 0.1) is 5.92 Å². The summed E-state index contributed by atoms with van der Waals surface area (Å²) in [6, 6.07) is 3.91. The zero-order valence-corrected chi connectivity index (χ0v) is 13.8. The highest BCUT2D eigenvalue weighted by Gasteiger charge is 2.26. The fourth-order valence-corrected chi connectivity index (χ4v) is 3.02. The number of hydrogen-bond acceptors (Lipinski definition) is 5. The van der Waals surface area contributed by atoms with Gasteiger partial charge in [-0.25, -0.2) is 0 Å². The van der Waals surface area contributed by atoms with Gasteiger partial charge in [-0.15, -0.1) is 0 Å². The molecule has 0 aliphatic carbocycles. The number of ether oxygens (including phenoxy) is 2. The molecule has 1 aromatic carbocycles. The highest BCUT2D eigenvalue weighted by molar-refractivity contribution is 5.62. The molecule has 0 spiro atoms. The van der Waals surface area contributed by atoms with Crippen LogP contribution in [0.5, 0.6) is 11.5 Å². The van der Waals surface area contributed by atoms with Gasteiger partial charge in [-0.2, -0.15) is 0 Å². The first-order chi connectivity index (χ1) is 10.5. The summed E-state index contributed by atoms with van der Waals surface area (Å²) in [5.74, 6) is 1.52. The third kappa shape index (κ3) is 4.05. The Morgan fingerprint density at radius 1 is 1.41 bits per heavy atom. The second kappa shape index (κ2) is 7.70. The predicted octanol–water partition coefficient (Wildman–Crippen LogP) is 1.92. The van der Waals surface area contributed by atoms with Crippen molar-refractivity contribution in [3.63, 3.8) is 0 Å². The van der Waals surface area contributed by atoms with E-state index in [0.717, 1.165) is 37.9 Å². The zero-order valence-electron chi connectivity index (χ0n) is 13.8. The molecule has 2 atom stereocenters. The summed E-state index contributed by atoms with van der Waals surface area (Å²) in [4.78, 5) is 2.26. The lowest BCUT2D eigenvalue weighted by molar-refractivity contribution is 0.0366. The number of nitrogens with zero attached hydrogens (tertiary/aromatic N) is 1. The molecule has 1 aromatic rings. The summed E-state index contributed by atoms with van der Waals surface area (Å²) in [6.45, 7) is 4.52. The SMILES string of the molecule is CCCOc1c(N)cc(CC2CN(C)CCC2O)cc1OC. The van der Waals surface area contributed by atoms with Crippen molar-refractivity contribution < 1.29 is 14.6 Å². The van der Waals surface area contributed by atoms with Crippen LogP contribution in [0.25, 0.3) is 0 Å². The lowest BCUT2D eigenvalue weighted by atomic mass is 9.88. The molecule has 22 heavy (non-hydrogen) atoms. The van der Waals surface area contributed by atoms with Crippen molar-refractivity contribution in [1.82, 2.24) is 4.90 Å². The average molecular weight is 308 g/mol. The smallest absolute Gasteiger partial charge is 0.184 e. The molecule has 0 aromatic heterocycles. The molecule has 2 rings (SSSR count). The van der Waals surface area contributed by atoms with Crippen LogP contribution in [0.2, 0.25) is 0 Å². The second-order valence-corrected chi connectivity index (χ2v) is 6.15. The Kier molecular flexibility index (Phi) is 5.91. The van der Waals surface area contributed by atoms with Crippen molar-refractivity contribution in [3.8, 4) is 11.5 Å². The Hall–Kier alpha value is -1.46. The lowest BCUT2D eigenvalue weighted by Crippen LogP contribution is -2.41. The fourth-order valence-electron chi connectivity index (χ4n) is 3.02. The van der Waals surface area contributed by atoms with E-state index < -0.39 is 0 Å². The van der Waals surface area contributed by atoms with Gasteiger partial charge >= 0.3 is 0 Å². The van der Waals surface area contributed by atoms with E-state index in [0.29, 0.717) is 23.8 Å². The van der Waals surface area contributed by atoms with Crippen LogP contribution in [0.15, 0.2) is 12.1 Å². The Labute approximate surface area is 133 Å². The first-order valence-electron chi connectivity index (χ1n) is 8.01. The Morgan fingerprint density at radius 3 is 2.86 bits per heavy atom. The van der Waals surface area contributed by atoms with Gasteiger partial charge in [-0.05, 0) is 44.0 Å². The van der Waals surface area contributed by atoms with Gasteiger partial charge < -0.3 is 25.2 Å². The van der Waals surface area contributed by atoms with Gasteiger partial charge in [-0.3, -0.25) is 0 Å². The number of benzene rings is 1. The van der Waals surface area contributed by atoms with Gasteiger partial charge in [0.2, 0.25) is 0 Å². The van der Waals surface area contributed by atoms with Gasteiger partial charge in [0.25, 0.3) is 0 Å². The van der Waals surface area contributed by atoms with Crippen LogP contribution in [0.3, 0.4) is 0 Å². The number of hydrogen-bond donors (Lipinski definition) is 2. The van der Waals surface area contributed by atoms with Gasteiger partial charge in [0.1, 0.15) is 0 Å². The number of anilines is 1. The number of nitrogens with two attached hydrogens (primary N) is 1. The largest absolute Gasteiger partial charge is 0.493 e. The van der Waals surface area contributed by atoms with Crippen LogP contribution in [0.1, 0.15) is 25.3 Å². The molecule has 1 aliphatic heterocycles. The average Bonchev–Trinajstić information content (AvgIpc) is 2.49. The van der Waals surface area contributed by atoms with Crippen molar-refractivity contribution >= 4 is 5.69 Å². The van der Waals surface area contributed by atoms with Crippen molar-refractivity contribution in [1.29, 1.82) is 0 Å². The maximum absolute atomic E-state index is 10.2. The molecule has 0 radical (unpaired) electrons. The van der Waals surface area contributed by atoms with E-state index in [4.69, 9.17) is 15.2 Å². The van der Waals surface area contributed by atoms with Gasteiger partial charge in [-0.1, -0.05) is 6.92 Å². The molecule has 0 saturated carbocycles. The number of aliphatic hydroxyl groups excluding tert-OH is 1. The molecule has 1 heterocycles. The van der Waals surface area contributed by atoms with Crippen LogP contribution >= 0.6 is 0 Å². The molecule has 1 aliphatic rings. The van der Waals surface area contributed by atoms with E-state index in [1.165, 1.54) is 0 Å². The molecule has 0 bridgehead atoms. The Bertz CT molecular complexity index is 493. The summed E-state index contributed by atoms with van der Waals surface area (Å²) in [7, 11) is 3.72. The molecular formula is C17H28N2O3. The van der Waals surface area contributed by atoms with E-state index in [2.05, 4.69) is 18.9 Å². The minimum atomic E-state index is -0.251. The summed E-state index contributed by atoms with van der Waals surface area (Å²) in [5, 5.41) is 10.2. The molecule has 1 saturated heterocycles. The van der Waals surface area contributed by atoms with Crippen LogP contribution in [-0.4, -0.2) is 50.0 Å². The molecule has 1 fully saturated rings. The molecule has 124 valence electrons. The lowest BCUT2D eigenvalue weighted by Gasteiger charge is -2.34. The van der Waals surface area contributed by atoms with E-state index in [1.807, 2.05) is 12.1 Å². The number of piperidine rings is 1. The standard InChI is InChI=1S/C17H28N2O3/c1-4-7-22-17-14(18)9-12(10-16(17)21-3)8-13-11-19(2)6-5-15(13)20/h9-10,13,15,20H,4-8,11,18H2,1-3H3. The zero-order chi connectivity index (χ0) is 16.1. The van der Waals surface area contributed by atoms with Crippen LogP contribution < -0.4 is 15.2 Å². The fraction of sp³-hybridized carbons (Fsp3) is 0.647. The van der Waals surface area contributed by atoms with Crippen molar-refractivity contribution in [3.05, 3.63) is 17.7 Å². The predicted molar refractivity (Wildman–Crippen MR) is 88.5 cm³/mol. The third-order valence-corrected chi connectivity index (χ3v) is 4.21. The molecule has 5 nitrogen and oxygen atoms in total. The normalized spacial score (nSPS) is 22.5. The van der Waals surface area contributed by atoms with Gasteiger partial charge in [0, 0.05) is 19.0 Å². The quantitative estimate of drug-likeness (QED) is 0.786. The summed E-state index contributed by atoms with van der Waals surface area (Å²) < 4.78 is 11.1. The first kappa shape index (κ1) is 16.9. The van der Waals surface area contributed by atoms with Crippen molar-refractivity contribution in [2.24, 2.45) is 5.92 Å². The van der Waals surface area contributed by atoms with E-state index in [1.54, 1.807) is 7.11 Å². The number of methoxy groups -OCH3 is 1. The minimum Gasteiger partial charge on any atom is -0.493 e. The summed E-state index contributed by atoms with van der Waals surface area (Å²) >= 11 is 0. The number of rotatable bonds is 6. The Morgan fingerprint density at radius 2 is 2.18 bits per heavy atom. The molecule has 0 amide bonds. The van der Waals surface area contributed by atoms with Crippen molar-refractivity contribution in [2.75, 3.05) is 39.6 Å². The first-order valence-corrected chi connectivity index (χ1v) is 8.01. The minimum absolute atomic E-state index is 0.227. The topological polar surface area (TPSA) is 68.0 Å². The molecule has 2 unspecified atom stereocenters. The number of nitrogen functional groups attached to an aromatic ring is 1. The van der Waals surface area contributed by atoms with E-state index in [-0.39, 0.29) is 12.0 Å². The highest BCUT2D eigenvalue weighted by atomic mass is 16.5. The van der Waals surface area contributed by atoms with Crippen LogP contribution in [-0.2, 0) is 6.42 Å². The second-order valence-electron chi connectivity index (χ2n) is 6.15. The van der Waals surface area contributed by atoms with E-state index >= 15 is 0 Å². The molecular weight excluding hydrogens is 280 g/mol. The third-order valence-electron chi connectivity index (χ3n) is 4.21. The maximum atomic E-state index is 10.2.